The van der Waals surface area contributed by atoms with Crippen molar-refractivity contribution in [3.8, 4) is 0 Å². The van der Waals surface area contributed by atoms with Crippen molar-refractivity contribution in [3.63, 3.8) is 0 Å². The van der Waals surface area contributed by atoms with Crippen molar-refractivity contribution < 1.29 is 5.11 Å². The van der Waals surface area contributed by atoms with Crippen LogP contribution in [-0.2, 0) is 0 Å². The maximum Gasteiger partial charge on any atom is 0.0955 e. The van der Waals surface area contributed by atoms with Crippen LogP contribution < -0.4 is 5.73 Å². The van der Waals surface area contributed by atoms with E-state index < -0.39 is 6.10 Å². The van der Waals surface area contributed by atoms with Crippen LogP contribution in [0.4, 0.5) is 0 Å². The average Bonchev–Trinajstić information content (AvgIpc) is 2.19. The number of rotatable bonds is 3. The van der Waals surface area contributed by atoms with Crippen molar-refractivity contribution in [1.29, 1.82) is 0 Å². The highest BCUT2D eigenvalue weighted by Crippen LogP contribution is 2.26. The molecule has 2 atom stereocenters. The van der Waals surface area contributed by atoms with Gasteiger partial charge >= 0.3 is 0 Å². The van der Waals surface area contributed by atoms with Gasteiger partial charge in [0.25, 0.3) is 0 Å². The third-order valence-electron chi connectivity index (χ3n) is 2.35. The summed E-state index contributed by atoms with van der Waals surface area (Å²) in [4.78, 5) is 0. The lowest BCUT2D eigenvalue weighted by atomic mass is 9.99. The predicted octanol–water partition coefficient (Wildman–Crippen LogP) is 2.42. The van der Waals surface area contributed by atoms with Gasteiger partial charge in [0.1, 0.15) is 0 Å². The second-order valence-electron chi connectivity index (χ2n) is 3.54. The van der Waals surface area contributed by atoms with Crippen LogP contribution in [0, 0.1) is 6.92 Å². The number of nitrogens with two attached hydrogens (primary N) is 1. The lowest BCUT2D eigenvalue weighted by Gasteiger charge is -2.19. The van der Waals surface area contributed by atoms with Crippen molar-refractivity contribution in [1.82, 2.24) is 0 Å². The smallest absolute Gasteiger partial charge is 0.0955 e. The molecule has 0 heterocycles. The molecule has 0 bridgehead atoms. The van der Waals surface area contributed by atoms with Crippen molar-refractivity contribution in [2.45, 2.75) is 32.4 Å². The zero-order chi connectivity index (χ0) is 10.7. The van der Waals surface area contributed by atoms with Gasteiger partial charge in [-0.1, -0.05) is 36.2 Å². The Balaban J connectivity index is 2.99. The molecule has 0 unspecified atom stereocenters. The molecule has 0 aromatic heterocycles. The summed E-state index contributed by atoms with van der Waals surface area (Å²) in [5, 5.41) is 10.5. The Morgan fingerprint density at radius 3 is 2.71 bits per heavy atom. The Hall–Kier alpha value is -0.570. The first kappa shape index (κ1) is 11.5. The molecular formula is C11H16ClNO. The normalized spacial score (nSPS) is 15.2. The Morgan fingerprint density at radius 2 is 2.14 bits per heavy atom. The van der Waals surface area contributed by atoms with Gasteiger partial charge in [0.2, 0.25) is 0 Å². The monoisotopic (exact) mass is 213 g/mol. The lowest BCUT2D eigenvalue weighted by molar-refractivity contribution is 0.144. The number of benzene rings is 1. The molecule has 0 spiro atoms. The summed E-state index contributed by atoms with van der Waals surface area (Å²) in [6.07, 6.45) is 0.0539. The molecular weight excluding hydrogens is 198 g/mol. The van der Waals surface area contributed by atoms with Crippen molar-refractivity contribution in [2.75, 3.05) is 0 Å². The first-order chi connectivity index (χ1) is 6.56. The topological polar surface area (TPSA) is 46.2 Å². The van der Waals surface area contributed by atoms with Gasteiger partial charge in [-0.3, -0.25) is 0 Å². The van der Waals surface area contributed by atoms with E-state index in [2.05, 4.69) is 0 Å². The fourth-order valence-corrected chi connectivity index (χ4v) is 1.57. The summed E-state index contributed by atoms with van der Waals surface area (Å²) in [6, 6.07) is 5.32. The Kier molecular flexibility index (Phi) is 3.93. The minimum Gasteiger partial charge on any atom is -0.387 e. The molecule has 78 valence electrons. The molecule has 0 saturated carbocycles. The highest BCUT2D eigenvalue weighted by atomic mass is 35.5. The summed E-state index contributed by atoms with van der Waals surface area (Å²) in [7, 11) is 0. The van der Waals surface area contributed by atoms with Crippen LogP contribution >= 0.6 is 11.6 Å². The van der Waals surface area contributed by atoms with Crippen LogP contribution in [-0.4, -0.2) is 11.1 Å². The second-order valence-corrected chi connectivity index (χ2v) is 3.95. The van der Waals surface area contributed by atoms with Crippen LogP contribution in [0.3, 0.4) is 0 Å². The third-order valence-corrected chi connectivity index (χ3v) is 2.69. The van der Waals surface area contributed by atoms with E-state index in [0.717, 1.165) is 17.5 Å². The van der Waals surface area contributed by atoms with E-state index in [-0.39, 0.29) is 6.04 Å². The van der Waals surface area contributed by atoms with Gasteiger partial charge in [0, 0.05) is 16.6 Å². The minimum absolute atomic E-state index is 0.255. The molecule has 0 aliphatic carbocycles. The van der Waals surface area contributed by atoms with Crippen LogP contribution in [0.5, 0.6) is 0 Å². The zero-order valence-electron chi connectivity index (χ0n) is 8.50. The molecule has 0 fully saturated rings. The molecule has 2 nitrogen and oxygen atoms in total. The molecule has 0 aliphatic rings. The quantitative estimate of drug-likeness (QED) is 0.810. The number of hydrogen-bond donors (Lipinski definition) is 2. The molecule has 14 heavy (non-hydrogen) atoms. The predicted molar refractivity (Wildman–Crippen MR) is 59.4 cm³/mol. The maximum atomic E-state index is 9.88. The van der Waals surface area contributed by atoms with E-state index in [1.807, 2.05) is 26.0 Å². The minimum atomic E-state index is -0.674. The summed E-state index contributed by atoms with van der Waals surface area (Å²) in [5.41, 5.74) is 7.56. The summed E-state index contributed by atoms with van der Waals surface area (Å²) in [5.74, 6) is 0. The van der Waals surface area contributed by atoms with E-state index in [4.69, 9.17) is 17.3 Å². The maximum absolute atomic E-state index is 9.88. The van der Waals surface area contributed by atoms with E-state index >= 15 is 0 Å². The van der Waals surface area contributed by atoms with Crippen LogP contribution in [0.1, 0.15) is 30.6 Å². The SMILES string of the molecule is CC[C@H](N)[C@@H](O)c1cc(C)ccc1Cl. The first-order valence-corrected chi connectivity index (χ1v) is 5.13. The molecule has 3 N–H and O–H groups in total. The van der Waals surface area contributed by atoms with E-state index in [0.29, 0.717) is 5.02 Å². The third kappa shape index (κ3) is 2.47. The molecule has 0 aliphatic heterocycles. The summed E-state index contributed by atoms with van der Waals surface area (Å²) >= 11 is 5.98. The van der Waals surface area contributed by atoms with Gasteiger partial charge in [-0.05, 0) is 19.4 Å². The fourth-order valence-electron chi connectivity index (χ4n) is 1.34. The van der Waals surface area contributed by atoms with Gasteiger partial charge in [-0.15, -0.1) is 0 Å². The molecule has 3 heteroatoms. The van der Waals surface area contributed by atoms with Crippen molar-refractivity contribution in [2.24, 2.45) is 5.73 Å². The standard InChI is InChI=1S/C11H16ClNO/c1-3-10(13)11(14)8-6-7(2)4-5-9(8)12/h4-6,10-11,14H,3,13H2,1-2H3/t10-,11-/m0/s1. The highest BCUT2D eigenvalue weighted by molar-refractivity contribution is 6.31. The largest absolute Gasteiger partial charge is 0.387 e. The summed E-state index contributed by atoms with van der Waals surface area (Å²) in [6.45, 7) is 3.90. The first-order valence-electron chi connectivity index (χ1n) is 4.76. The van der Waals surface area contributed by atoms with Gasteiger partial charge in [0.15, 0.2) is 0 Å². The number of hydrogen-bond acceptors (Lipinski definition) is 2. The van der Waals surface area contributed by atoms with E-state index in [1.54, 1.807) is 6.07 Å². The van der Waals surface area contributed by atoms with Gasteiger partial charge < -0.3 is 10.8 Å². The van der Waals surface area contributed by atoms with Gasteiger partial charge in [-0.2, -0.15) is 0 Å². The van der Waals surface area contributed by atoms with Crippen LogP contribution in [0.15, 0.2) is 18.2 Å². The van der Waals surface area contributed by atoms with Crippen LogP contribution in [0.2, 0.25) is 5.02 Å². The number of aliphatic hydroxyl groups excluding tert-OH is 1. The molecule has 0 amide bonds. The fraction of sp³-hybridized carbons (Fsp3) is 0.455. The van der Waals surface area contributed by atoms with Crippen molar-refractivity contribution >= 4 is 11.6 Å². The lowest BCUT2D eigenvalue weighted by Crippen LogP contribution is -2.27. The number of halogens is 1. The average molecular weight is 214 g/mol. The van der Waals surface area contributed by atoms with Gasteiger partial charge in [0.05, 0.1) is 6.10 Å². The summed E-state index contributed by atoms with van der Waals surface area (Å²) < 4.78 is 0. The van der Waals surface area contributed by atoms with Crippen molar-refractivity contribution in [3.05, 3.63) is 34.3 Å². The molecule has 1 aromatic carbocycles. The Labute approximate surface area is 89.7 Å². The van der Waals surface area contributed by atoms with Gasteiger partial charge in [-0.25, -0.2) is 0 Å². The number of aliphatic hydroxyl groups is 1. The second kappa shape index (κ2) is 4.78. The highest BCUT2D eigenvalue weighted by Gasteiger charge is 2.17. The van der Waals surface area contributed by atoms with E-state index in [9.17, 15) is 5.11 Å². The van der Waals surface area contributed by atoms with E-state index in [1.165, 1.54) is 0 Å². The Morgan fingerprint density at radius 1 is 1.50 bits per heavy atom. The Bertz CT molecular complexity index is 314. The number of aryl methyl sites for hydroxylation is 1. The zero-order valence-corrected chi connectivity index (χ0v) is 9.25. The molecule has 0 saturated heterocycles. The van der Waals surface area contributed by atoms with Crippen LogP contribution in [0.25, 0.3) is 0 Å². The molecule has 1 rings (SSSR count). The molecule has 1 aromatic rings. The molecule has 0 radical (unpaired) electrons.